The van der Waals surface area contributed by atoms with Crippen molar-refractivity contribution in [1.29, 1.82) is 0 Å². The number of methoxy groups -OCH3 is 1. The van der Waals surface area contributed by atoms with E-state index in [9.17, 15) is 10.2 Å². The van der Waals surface area contributed by atoms with Crippen LogP contribution in [-0.4, -0.2) is 32.9 Å². The Labute approximate surface area is 107 Å². The summed E-state index contributed by atoms with van der Waals surface area (Å²) in [6, 6.07) is 0. The lowest BCUT2D eigenvalue weighted by Gasteiger charge is -2.38. The molecule has 1 aliphatic rings. The van der Waals surface area contributed by atoms with Gasteiger partial charge in [0, 0.05) is 12.4 Å². The molecule has 100 valence electrons. The molecule has 0 amide bonds. The summed E-state index contributed by atoms with van der Waals surface area (Å²) in [6.45, 7) is 2.16. The maximum Gasteiger partial charge on any atom is 0.238 e. The number of aliphatic hydroxyl groups is 2. The first kappa shape index (κ1) is 13.2. The van der Waals surface area contributed by atoms with E-state index in [1.807, 2.05) is 0 Å². The van der Waals surface area contributed by atoms with Crippen LogP contribution in [0.2, 0.25) is 0 Å². The molecule has 1 heterocycles. The second kappa shape index (κ2) is 5.20. The second-order valence-electron chi connectivity index (χ2n) is 5.14. The Balaban J connectivity index is 2.22. The molecular formula is C13H20N2O3. The van der Waals surface area contributed by atoms with Gasteiger partial charge in [0.25, 0.3) is 0 Å². The molecule has 1 fully saturated rings. The van der Waals surface area contributed by atoms with Gasteiger partial charge in [-0.1, -0.05) is 6.92 Å². The molecule has 1 atom stereocenters. The molecule has 18 heavy (non-hydrogen) atoms. The molecule has 1 saturated carbocycles. The Morgan fingerprint density at radius 2 is 1.94 bits per heavy atom. The predicted molar refractivity (Wildman–Crippen MR) is 66.1 cm³/mol. The van der Waals surface area contributed by atoms with Crippen molar-refractivity contribution < 1.29 is 14.9 Å². The standard InChI is InChI=1S/C13H20N2O3/c1-9-3-5-13(17,6-4-9)11(16)10-12(18-2)15-8-7-14-10/h7-9,11,16-17H,3-6H2,1-2H3. The Hall–Kier alpha value is -1.20. The summed E-state index contributed by atoms with van der Waals surface area (Å²) in [5.74, 6) is 0.873. The molecule has 0 bridgehead atoms. The van der Waals surface area contributed by atoms with E-state index in [0.717, 1.165) is 12.8 Å². The summed E-state index contributed by atoms with van der Waals surface area (Å²) in [6.07, 6.45) is 4.93. The van der Waals surface area contributed by atoms with Gasteiger partial charge in [0.2, 0.25) is 5.88 Å². The third-order valence-electron chi connectivity index (χ3n) is 3.79. The number of nitrogens with zero attached hydrogens (tertiary/aromatic N) is 2. The molecule has 1 aliphatic carbocycles. The van der Waals surface area contributed by atoms with Crippen molar-refractivity contribution in [2.24, 2.45) is 5.92 Å². The molecule has 0 aliphatic heterocycles. The van der Waals surface area contributed by atoms with Gasteiger partial charge < -0.3 is 14.9 Å². The van der Waals surface area contributed by atoms with Gasteiger partial charge >= 0.3 is 0 Å². The van der Waals surface area contributed by atoms with Gasteiger partial charge in [-0.25, -0.2) is 4.98 Å². The van der Waals surface area contributed by atoms with E-state index in [1.54, 1.807) is 0 Å². The summed E-state index contributed by atoms with van der Waals surface area (Å²) >= 11 is 0. The van der Waals surface area contributed by atoms with Crippen LogP contribution in [-0.2, 0) is 0 Å². The zero-order valence-corrected chi connectivity index (χ0v) is 10.8. The second-order valence-corrected chi connectivity index (χ2v) is 5.14. The van der Waals surface area contributed by atoms with Crippen LogP contribution < -0.4 is 4.74 Å². The number of aliphatic hydroxyl groups excluding tert-OH is 1. The number of ether oxygens (including phenoxy) is 1. The third-order valence-corrected chi connectivity index (χ3v) is 3.79. The summed E-state index contributed by atoms with van der Waals surface area (Å²) in [7, 11) is 1.48. The van der Waals surface area contributed by atoms with E-state index in [2.05, 4.69) is 16.9 Å². The van der Waals surface area contributed by atoms with Gasteiger partial charge in [-0.15, -0.1) is 0 Å². The van der Waals surface area contributed by atoms with E-state index >= 15 is 0 Å². The number of aromatic nitrogens is 2. The van der Waals surface area contributed by atoms with Crippen LogP contribution in [0.1, 0.15) is 44.4 Å². The highest BCUT2D eigenvalue weighted by atomic mass is 16.5. The Morgan fingerprint density at radius 3 is 2.56 bits per heavy atom. The van der Waals surface area contributed by atoms with Crippen molar-refractivity contribution >= 4 is 0 Å². The molecule has 1 unspecified atom stereocenters. The molecule has 5 heteroatoms. The largest absolute Gasteiger partial charge is 0.480 e. The molecule has 5 nitrogen and oxygen atoms in total. The van der Waals surface area contributed by atoms with Crippen molar-refractivity contribution in [2.45, 2.75) is 44.3 Å². The molecule has 0 spiro atoms. The van der Waals surface area contributed by atoms with Crippen LogP contribution in [0.25, 0.3) is 0 Å². The van der Waals surface area contributed by atoms with Crippen LogP contribution in [0, 0.1) is 5.92 Å². The maximum atomic E-state index is 10.6. The van der Waals surface area contributed by atoms with E-state index in [-0.39, 0.29) is 5.88 Å². The average Bonchev–Trinajstić information content (AvgIpc) is 2.41. The zero-order chi connectivity index (χ0) is 13.2. The molecule has 1 aromatic heterocycles. The lowest BCUT2D eigenvalue weighted by Crippen LogP contribution is -2.40. The third kappa shape index (κ3) is 2.47. The van der Waals surface area contributed by atoms with Crippen molar-refractivity contribution in [3.05, 3.63) is 18.1 Å². The first-order valence-electron chi connectivity index (χ1n) is 6.32. The van der Waals surface area contributed by atoms with Crippen LogP contribution in [0.15, 0.2) is 12.4 Å². The smallest absolute Gasteiger partial charge is 0.238 e. The van der Waals surface area contributed by atoms with Gasteiger partial charge in [0.05, 0.1) is 12.7 Å². The van der Waals surface area contributed by atoms with Crippen LogP contribution >= 0.6 is 0 Å². The summed E-state index contributed by atoms with van der Waals surface area (Å²) < 4.78 is 5.08. The van der Waals surface area contributed by atoms with E-state index < -0.39 is 11.7 Å². The summed E-state index contributed by atoms with van der Waals surface area (Å²) in [4.78, 5) is 8.09. The number of rotatable bonds is 3. The average molecular weight is 252 g/mol. The molecule has 0 radical (unpaired) electrons. The van der Waals surface area contributed by atoms with Crippen LogP contribution in [0.4, 0.5) is 0 Å². The SMILES string of the molecule is COc1nccnc1C(O)C1(O)CCC(C)CC1. The molecule has 0 aromatic carbocycles. The Kier molecular flexibility index (Phi) is 3.82. The van der Waals surface area contributed by atoms with Gasteiger partial charge in [-0.2, -0.15) is 0 Å². The molecular weight excluding hydrogens is 232 g/mol. The van der Waals surface area contributed by atoms with Gasteiger partial charge in [0.1, 0.15) is 11.8 Å². The Bertz CT molecular complexity index is 403. The predicted octanol–water partition coefficient (Wildman–Crippen LogP) is 1.46. The monoisotopic (exact) mass is 252 g/mol. The van der Waals surface area contributed by atoms with E-state index in [1.165, 1.54) is 19.5 Å². The van der Waals surface area contributed by atoms with Gasteiger partial charge in [0.15, 0.2) is 0 Å². The van der Waals surface area contributed by atoms with Crippen LogP contribution in [0.3, 0.4) is 0 Å². The lowest BCUT2D eigenvalue weighted by atomic mass is 9.76. The number of hydrogen-bond acceptors (Lipinski definition) is 5. The fourth-order valence-corrected chi connectivity index (χ4v) is 2.47. The van der Waals surface area contributed by atoms with Crippen molar-refractivity contribution in [3.63, 3.8) is 0 Å². The topological polar surface area (TPSA) is 75.5 Å². The highest BCUT2D eigenvalue weighted by Gasteiger charge is 2.41. The highest BCUT2D eigenvalue weighted by Crippen LogP contribution is 2.41. The summed E-state index contributed by atoms with van der Waals surface area (Å²) in [5, 5.41) is 20.9. The quantitative estimate of drug-likeness (QED) is 0.851. The highest BCUT2D eigenvalue weighted by molar-refractivity contribution is 5.22. The maximum absolute atomic E-state index is 10.6. The minimum absolute atomic E-state index is 0.275. The van der Waals surface area contributed by atoms with Crippen LogP contribution in [0.5, 0.6) is 5.88 Å². The lowest BCUT2D eigenvalue weighted by molar-refractivity contribution is -0.108. The normalized spacial score (nSPS) is 29.9. The van der Waals surface area contributed by atoms with Crippen molar-refractivity contribution in [1.82, 2.24) is 9.97 Å². The van der Waals surface area contributed by atoms with Crippen molar-refractivity contribution in [3.8, 4) is 5.88 Å². The molecule has 2 N–H and O–H groups in total. The minimum Gasteiger partial charge on any atom is -0.480 e. The van der Waals surface area contributed by atoms with Gasteiger partial charge in [-0.05, 0) is 31.6 Å². The molecule has 2 rings (SSSR count). The Morgan fingerprint density at radius 1 is 1.33 bits per heavy atom. The number of hydrogen-bond donors (Lipinski definition) is 2. The van der Waals surface area contributed by atoms with Gasteiger partial charge in [-0.3, -0.25) is 4.98 Å². The van der Waals surface area contributed by atoms with Crippen molar-refractivity contribution in [2.75, 3.05) is 7.11 Å². The minimum atomic E-state index is -1.12. The fraction of sp³-hybridized carbons (Fsp3) is 0.692. The summed E-state index contributed by atoms with van der Waals surface area (Å²) in [5.41, 5.74) is -0.799. The van der Waals surface area contributed by atoms with E-state index in [0.29, 0.717) is 24.5 Å². The zero-order valence-electron chi connectivity index (χ0n) is 10.8. The first-order valence-corrected chi connectivity index (χ1v) is 6.32. The fourth-order valence-electron chi connectivity index (χ4n) is 2.47. The first-order chi connectivity index (χ1) is 8.57. The molecule has 0 saturated heterocycles. The molecule has 1 aromatic rings. The van der Waals surface area contributed by atoms with E-state index in [4.69, 9.17) is 4.74 Å².